The van der Waals surface area contributed by atoms with Crippen molar-refractivity contribution in [2.75, 3.05) is 6.54 Å². The summed E-state index contributed by atoms with van der Waals surface area (Å²) in [5.41, 5.74) is -0.0599. The second-order valence-corrected chi connectivity index (χ2v) is 6.49. The Balaban J connectivity index is 1.87. The van der Waals surface area contributed by atoms with Gasteiger partial charge in [0.05, 0.1) is 6.04 Å². The van der Waals surface area contributed by atoms with Crippen molar-refractivity contribution < 1.29 is 4.52 Å². The van der Waals surface area contributed by atoms with E-state index in [1.807, 2.05) is 0 Å². The zero-order valence-electron chi connectivity index (χ0n) is 12.4. The Hall–Kier alpha value is -1.16. The average Bonchev–Trinajstić information content (AvgIpc) is 2.87. The van der Waals surface area contributed by atoms with Gasteiger partial charge >= 0.3 is 0 Å². The van der Waals surface area contributed by atoms with E-state index in [0.29, 0.717) is 5.89 Å². The second-order valence-electron chi connectivity index (χ2n) is 6.49. The molecule has 19 heavy (non-hydrogen) atoms. The highest BCUT2D eigenvalue weighted by atomic mass is 16.5. The van der Waals surface area contributed by atoms with Crippen molar-refractivity contribution in [1.29, 1.82) is 0 Å². The first-order valence-electron chi connectivity index (χ1n) is 7.19. The van der Waals surface area contributed by atoms with Crippen LogP contribution in [0.3, 0.4) is 0 Å². The third-order valence-electron chi connectivity index (χ3n) is 3.57. The van der Waals surface area contributed by atoms with Crippen LogP contribution in [0.4, 0.5) is 0 Å². The van der Waals surface area contributed by atoms with E-state index in [9.17, 15) is 0 Å². The van der Waals surface area contributed by atoms with Crippen LogP contribution < -0.4 is 5.32 Å². The molecule has 1 aromatic heterocycles. The molecule has 0 aliphatic heterocycles. The third kappa shape index (κ3) is 3.90. The first-order chi connectivity index (χ1) is 8.97. The van der Waals surface area contributed by atoms with Crippen molar-refractivity contribution in [3.8, 4) is 0 Å². The number of hydrogen-bond acceptors (Lipinski definition) is 4. The Labute approximate surface area is 115 Å². The van der Waals surface area contributed by atoms with E-state index >= 15 is 0 Å². The SMILES string of the molecule is CC(NCC1CC=CCC1)c1nc(C(C)(C)C)no1. The van der Waals surface area contributed by atoms with E-state index in [2.05, 4.69) is 55.3 Å². The average molecular weight is 263 g/mol. The summed E-state index contributed by atoms with van der Waals surface area (Å²) >= 11 is 0. The second kappa shape index (κ2) is 5.87. The van der Waals surface area contributed by atoms with Crippen LogP contribution in [0.1, 0.15) is 64.7 Å². The van der Waals surface area contributed by atoms with Crippen molar-refractivity contribution in [3.63, 3.8) is 0 Å². The molecule has 2 unspecified atom stereocenters. The van der Waals surface area contributed by atoms with E-state index < -0.39 is 0 Å². The van der Waals surface area contributed by atoms with E-state index in [1.54, 1.807) is 0 Å². The van der Waals surface area contributed by atoms with Gasteiger partial charge in [-0.25, -0.2) is 0 Å². The molecule has 0 saturated heterocycles. The Morgan fingerprint density at radius 3 is 2.79 bits per heavy atom. The number of nitrogens with zero attached hydrogens (tertiary/aromatic N) is 2. The van der Waals surface area contributed by atoms with Crippen molar-refractivity contribution in [3.05, 3.63) is 23.9 Å². The van der Waals surface area contributed by atoms with Crippen LogP contribution >= 0.6 is 0 Å². The molecule has 1 aliphatic rings. The summed E-state index contributed by atoms with van der Waals surface area (Å²) in [4.78, 5) is 4.49. The van der Waals surface area contributed by atoms with Gasteiger partial charge in [-0.05, 0) is 38.6 Å². The van der Waals surface area contributed by atoms with Gasteiger partial charge in [-0.15, -0.1) is 0 Å². The molecule has 0 fully saturated rings. The summed E-state index contributed by atoms with van der Waals surface area (Å²) in [5, 5.41) is 7.57. The molecule has 0 radical (unpaired) electrons. The summed E-state index contributed by atoms with van der Waals surface area (Å²) in [5.74, 6) is 2.20. The summed E-state index contributed by atoms with van der Waals surface area (Å²) in [7, 11) is 0. The molecular weight excluding hydrogens is 238 g/mol. The molecule has 1 N–H and O–H groups in total. The van der Waals surface area contributed by atoms with Crippen LogP contribution in [0.25, 0.3) is 0 Å². The lowest BCUT2D eigenvalue weighted by Gasteiger charge is -2.19. The minimum Gasteiger partial charge on any atom is -0.338 e. The Morgan fingerprint density at radius 1 is 1.42 bits per heavy atom. The molecule has 106 valence electrons. The predicted octanol–water partition coefficient (Wildman–Crippen LogP) is 3.37. The van der Waals surface area contributed by atoms with Gasteiger partial charge in [-0.3, -0.25) is 0 Å². The maximum atomic E-state index is 5.36. The van der Waals surface area contributed by atoms with E-state index in [1.165, 1.54) is 19.3 Å². The quantitative estimate of drug-likeness (QED) is 0.846. The summed E-state index contributed by atoms with van der Waals surface area (Å²) < 4.78 is 5.36. The zero-order chi connectivity index (χ0) is 13.9. The van der Waals surface area contributed by atoms with Gasteiger partial charge in [0, 0.05) is 5.41 Å². The highest BCUT2D eigenvalue weighted by Crippen LogP contribution is 2.22. The molecule has 0 spiro atoms. The molecular formula is C15H25N3O. The molecule has 1 aromatic rings. The van der Waals surface area contributed by atoms with Gasteiger partial charge in [0.15, 0.2) is 5.82 Å². The van der Waals surface area contributed by atoms with E-state index in [-0.39, 0.29) is 11.5 Å². The normalized spacial score (nSPS) is 21.6. The zero-order valence-corrected chi connectivity index (χ0v) is 12.4. The largest absolute Gasteiger partial charge is 0.338 e. The Bertz CT molecular complexity index is 431. The van der Waals surface area contributed by atoms with Gasteiger partial charge in [-0.2, -0.15) is 4.98 Å². The minimum absolute atomic E-state index is 0.0599. The van der Waals surface area contributed by atoms with Gasteiger partial charge in [0.2, 0.25) is 5.89 Å². The van der Waals surface area contributed by atoms with E-state index in [4.69, 9.17) is 4.52 Å². The van der Waals surface area contributed by atoms with Crippen LogP contribution in [0.15, 0.2) is 16.7 Å². The van der Waals surface area contributed by atoms with Crippen molar-refractivity contribution >= 4 is 0 Å². The molecule has 4 heteroatoms. The number of nitrogens with one attached hydrogen (secondary N) is 1. The molecule has 0 aromatic carbocycles. The molecule has 2 rings (SSSR count). The number of aromatic nitrogens is 2. The summed E-state index contributed by atoms with van der Waals surface area (Å²) in [6, 6.07) is 0.120. The van der Waals surface area contributed by atoms with Crippen LogP contribution in [0.5, 0.6) is 0 Å². The highest BCUT2D eigenvalue weighted by molar-refractivity contribution is 5.01. The van der Waals surface area contributed by atoms with Gasteiger partial charge in [-0.1, -0.05) is 38.1 Å². The smallest absolute Gasteiger partial charge is 0.243 e. The summed E-state index contributed by atoms with van der Waals surface area (Å²) in [6.45, 7) is 9.37. The van der Waals surface area contributed by atoms with Crippen LogP contribution in [0, 0.1) is 5.92 Å². The van der Waals surface area contributed by atoms with Crippen LogP contribution in [-0.4, -0.2) is 16.7 Å². The van der Waals surface area contributed by atoms with E-state index in [0.717, 1.165) is 18.3 Å². The van der Waals surface area contributed by atoms with Crippen molar-refractivity contribution in [2.24, 2.45) is 5.92 Å². The molecule has 0 amide bonds. The lowest BCUT2D eigenvalue weighted by Crippen LogP contribution is -2.26. The first kappa shape index (κ1) is 14.3. The maximum Gasteiger partial charge on any atom is 0.243 e. The molecule has 1 aliphatic carbocycles. The lowest BCUT2D eigenvalue weighted by atomic mass is 9.94. The Kier molecular flexibility index (Phi) is 4.40. The first-order valence-corrected chi connectivity index (χ1v) is 7.19. The number of rotatable bonds is 4. The standard InChI is InChI=1S/C15H25N3O/c1-11(16-10-12-8-6-5-7-9-12)13-17-14(18-19-13)15(2,3)4/h5-6,11-12,16H,7-10H2,1-4H3. The van der Waals surface area contributed by atoms with Crippen molar-refractivity contribution in [1.82, 2.24) is 15.5 Å². The van der Waals surface area contributed by atoms with Gasteiger partial charge < -0.3 is 9.84 Å². The maximum absolute atomic E-state index is 5.36. The van der Waals surface area contributed by atoms with Crippen LogP contribution in [-0.2, 0) is 5.41 Å². The van der Waals surface area contributed by atoms with Gasteiger partial charge in [0.25, 0.3) is 0 Å². The fourth-order valence-corrected chi connectivity index (χ4v) is 2.19. The lowest BCUT2D eigenvalue weighted by molar-refractivity contribution is 0.318. The molecule has 0 saturated carbocycles. The van der Waals surface area contributed by atoms with Crippen LogP contribution in [0.2, 0.25) is 0 Å². The fourth-order valence-electron chi connectivity index (χ4n) is 2.19. The topological polar surface area (TPSA) is 51.0 Å². The molecule has 1 heterocycles. The Morgan fingerprint density at radius 2 is 2.21 bits per heavy atom. The predicted molar refractivity (Wildman–Crippen MR) is 75.9 cm³/mol. The molecule has 0 bridgehead atoms. The number of allylic oxidation sites excluding steroid dienone is 2. The van der Waals surface area contributed by atoms with Crippen molar-refractivity contribution in [2.45, 2.75) is 58.4 Å². The number of hydrogen-bond donors (Lipinski definition) is 1. The third-order valence-corrected chi connectivity index (χ3v) is 3.57. The van der Waals surface area contributed by atoms with Gasteiger partial charge in [0.1, 0.15) is 0 Å². The monoisotopic (exact) mass is 263 g/mol. The summed E-state index contributed by atoms with van der Waals surface area (Å²) in [6.07, 6.45) is 8.21. The highest BCUT2D eigenvalue weighted by Gasteiger charge is 2.23. The molecule has 2 atom stereocenters. The minimum atomic E-state index is -0.0599. The molecule has 4 nitrogen and oxygen atoms in total. The fraction of sp³-hybridized carbons (Fsp3) is 0.733.